The van der Waals surface area contributed by atoms with E-state index >= 15 is 0 Å². The number of nitrogens with zero attached hydrogens (tertiary/aromatic N) is 1. The molecule has 0 saturated carbocycles. The Morgan fingerprint density at radius 1 is 1.17 bits per heavy atom. The lowest BCUT2D eigenvalue weighted by Crippen LogP contribution is -2.34. The molecule has 1 aliphatic heterocycles. The molecule has 0 aromatic heterocycles. The number of likely N-dealkylation sites (tertiary alicyclic amines) is 1. The van der Waals surface area contributed by atoms with Gasteiger partial charge in [-0.2, -0.15) is 0 Å². The highest BCUT2D eigenvalue weighted by Crippen LogP contribution is 2.32. The summed E-state index contributed by atoms with van der Waals surface area (Å²) in [6.07, 6.45) is 5.41. The summed E-state index contributed by atoms with van der Waals surface area (Å²) >= 11 is 0. The van der Waals surface area contributed by atoms with Gasteiger partial charge in [-0.25, -0.2) is 0 Å². The van der Waals surface area contributed by atoms with Crippen LogP contribution in [0.3, 0.4) is 0 Å². The van der Waals surface area contributed by atoms with Crippen molar-refractivity contribution in [2.45, 2.75) is 51.6 Å². The standard InChI is InChI=1S/C20H25NO3/c1-2-24-19-12-16(11-18(22)13-19)10-17-8-9-20(23)21(17)14-15-6-4-3-5-7-15/h3-7,13,16-17H,2,8-12,14H2,1H3. The number of allylic oxidation sites excluding steroid dienone is 2. The average Bonchev–Trinajstić information content (AvgIpc) is 2.89. The minimum Gasteiger partial charge on any atom is -0.498 e. The zero-order valence-electron chi connectivity index (χ0n) is 14.2. The minimum atomic E-state index is 0.147. The van der Waals surface area contributed by atoms with Crippen LogP contribution in [-0.4, -0.2) is 29.2 Å². The van der Waals surface area contributed by atoms with Crippen LogP contribution >= 0.6 is 0 Å². The predicted molar refractivity (Wildman–Crippen MR) is 92.1 cm³/mol. The van der Waals surface area contributed by atoms with Crippen LogP contribution in [0.15, 0.2) is 42.2 Å². The molecule has 0 spiro atoms. The highest BCUT2D eigenvalue weighted by molar-refractivity contribution is 5.91. The van der Waals surface area contributed by atoms with Crippen LogP contribution < -0.4 is 0 Å². The van der Waals surface area contributed by atoms with E-state index in [0.29, 0.717) is 26.0 Å². The van der Waals surface area contributed by atoms with E-state index < -0.39 is 0 Å². The van der Waals surface area contributed by atoms with Gasteiger partial charge in [-0.05, 0) is 31.2 Å². The van der Waals surface area contributed by atoms with E-state index in [-0.39, 0.29) is 23.7 Å². The lowest BCUT2D eigenvalue weighted by Gasteiger charge is -2.30. The maximum atomic E-state index is 12.3. The number of rotatable bonds is 6. The van der Waals surface area contributed by atoms with Crippen LogP contribution in [0.5, 0.6) is 0 Å². The molecular weight excluding hydrogens is 302 g/mol. The van der Waals surface area contributed by atoms with Gasteiger partial charge in [0.1, 0.15) is 0 Å². The van der Waals surface area contributed by atoms with Crippen molar-refractivity contribution in [2.75, 3.05) is 6.61 Å². The Kier molecular flexibility index (Phi) is 5.34. The zero-order chi connectivity index (χ0) is 16.9. The smallest absolute Gasteiger partial charge is 0.223 e. The minimum absolute atomic E-state index is 0.147. The van der Waals surface area contributed by atoms with Crippen LogP contribution in [0.4, 0.5) is 0 Å². The monoisotopic (exact) mass is 327 g/mol. The van der Waals surface area contributed by atoms with Crippen molar-refractivity contribution >= 4 is 11.7 Å². The van der Waals surface area contributed by atoms with Gasteiger partial charge in [0.05, 0.1) is 12.4 Å². The summed E-state index contributed by atoms with van der Waals surface area (Å²) in [6, 6.07) is 10.3. The molecule has 1 fully saturated rings. The Morgan fingerprint density at radius 3 is 2.71 bits per heavy atom. The second kappa shape index (κ2) is 7.65. The summed E-state index contributed by atoms with van der Waals surface area (Å²) < 4.78 is 5.55. The Hall–Kier alpha value is -2.10. The van der Waals surface area contributed by atoms with Crippen LogP contribution in [0.2, 0.25) is 0 Å². The topological polar surface area (TPSA) is 46.6 Å². The molecule has 4 heteroatoms. The van der Waals surface area contributed by atoms with Crippen LogP contribution in [-0.2, 0) is 20.9 Å². The Labute approximate surface area is 143 Å². The molecule has 1 aromatic carbocycles. The van der Waals surface area contributed by atoms with E-state index in [9.17, 15) is 9.59 Å². The number of carbonyl (C=O) groups excluding carboxylic acids is 2. The molecule has 1 aromatic rings. The highest BCUT2D eigenvalue weighted by atomic mass is 16.5. The van der Waals surface area contributed by atoms with Crippen molar-refractivity contribution in [1.82, 2.24) is 4.90 Å². The first-order valence-corrected chi connectivity index (χ1v) is 8.85. The summed E-state index contributed by atoms with van der Waals surface area (Å²) in [4.78, 5) is 26.2. The number of hydrogen-bond donors (Lipinski definition) is 0. The Morgan fingerprint density at radius 2 is 1.96 bits per heavy atom. The van der Waals surface area contributed by atoms with E-state index in [1.807, 2.05) is 30.0 Å². The van der Waals surface area contributed by atoms with Gasteiger partial charge < -0.3 is 9.64 Å². The molecule has 2 aliphatic rings. The van der Waals surface area contributed by atoms with E-state index in [1.54, 1.807) is 6.08 Å². The first-order chi connectivity index (χ1) is 11.7. The number of amides is 1. The number of benzene rings is 1. The molecule has 2 atom stereocenters. The molecule has 128 valence electrons. The second-order valence-corrected chi connectivity index (χ2v) is 6.72. The molecule has 0 radical (unpaired) electrons. The van der Waals surface area contributed by atoms with E-state index in [1.165, 1.54) is 0 Å². The molecule has 1 aliphatic carbocycles. The van der Waals surface area contributed by atoms with E-state index in [0.717, 1.165) is 30.6 Å². The van der Waals surface area contributed by atoms with Gasteiger partial charge >= 0.3 is 0 Å². The molecule has 0 bridgehead atoms. The third-order valence-electron chi connectivity index (χ3n) is 4.89. The summed E-state index contributed by atoms with van der Waals surface area (Å²) in [7, 11) is 0. The largest absolute Gasteiger partial charge is 0.498 e. The molecule has 2 unspecified atom stereocenters. The summed E-state index contributed by atoms with van der Waals surface area (Å²) in [5, 5.41) is 0. The van der Waals surface area contributed by atoms with Crippen LogP contribution in [0, 0.1) is 5.92 Å². The predicted octanol–water partition coefficient (Wildman–Crippen LogP) is 3.47. The lowest BCUT2D eigenvalue weighted by atomic mass is 9.86. The molecule has 24 heavy (non-hydrogen) atoms. The molecule has 1 heterocycles. The summed E-state index contributed by atoms with van der Waals surface area (Å²) in [5.41, 5.74) is 1.16. The molecular formula is C20H25NO3. The molecule has 3 rings (SSSR count). The van der Waals surface area contributed by atoms with Gasteiger partial charge in [0.15, 0.2) is 5.78 Å². The fraction of sp³-hybridized carbons (Fsp3) is 0.500. The number of carbonyl (C=O) groups is 2. The van der Waals surface area contributed by atoms with E-state index in [2.05, 4.69) is 12.1 Å². The van der Waals surface area contributed by atoms with Crippen molar-refractivity contribution < 1.29 is 14.3 Å². The van der Waals surface area contributed by atoms with Crippen molar-refractivity contribution in [3.63, 3.8) is 0 Å². The Bertz CT molecular complexity index is 623. The van der Waals surface area contributed by atoms with Gasteiger partial charge in [-0.3, -0.25) is 9.59 Å². The fourth-order valence-electron chi connectivity index (χ4n) is 3.81. The maximum absolute atomic E-state index is 12.3. The molecule has 0 N–H and O–H groups in total. The van der Waals surface area contributed by atoms with Gasteiger partial charge in [0, 0.05) is 37.9 Å². The second-order valence-electron chi connectivity index (χ2n) is 6.72. The summed E-state index contributed by atoms with van der Waals surface area (Å²) in [5.74, 6) is 1.45. The normalized spacial score (nSPS) is 24.2. The highest BCUT2D eigenvalue weighted by Gasteiger charge is 2.34. The lowest BCUT2D eigenvalue weighted by molar-refractivity contribution is -0.129. The quantitative estimate of drug-likeness (QED) is 0.804. The summed E-state index contributed by atoms with van der Waals surface area (Å²) in [6.45, 7) is 3.19. The SMILES string of the molecule is CCOC1=CC(=O)CC(CC2CCC(=O)N2Cc2ccccc2)C1. The number of hydrogen-bond acceptors (Lipinski definition) is 3. The molecule has 4 nitrogen and oxygen atoms in total. The van der Waals surface area contributed by atoms with Crippen molar-refractivity contribution in [3.8, 4) is 0 Å². The number of ketones is 1. The third kappa shape index (κ3) is 4.05. The maximum Gasteiger partial charge on any atom is 0.223 e. The van der Waals surface area contributed by atoms with Crippen LogP contribution in [0.25, 0.3) is 0 Å². The molecule has 1 amide bonds. The number of ether oxygens (including phenoxy) is 1. The Balaban J connectivity index is 1.64. The van der Waals surface area contributed by atoms with Gasteiger partial charge in [0.25, 0.3) is 0 Å². The van der Waals surface area contributed by atoms with Gasteiger partial charge in [0.2, 0.25) is 5.91 Å². The van der Waals surface area contributed by atoms with Crippen molar-refractivity contribution in [3.05, 3.63) is 47.7 Å². The zero-order valence-corrected chi connectivity index (χ0v) is 14.2. The average molecular weight is 327 g/mol. The molecule has 1 saturated heterocycles. The first-order valence-electron chi connectivity index (χ1n) is 8.85. The van der Waals surface area contributed by atoms with Crippen molar-refractivity contribution in [1.29, 1.82) is 0 Å². The van der Waals surface area contributed by atoms with Crippen molar-refractivity contribution in [2.24, 2.45) is 5.92 Å². The van der Waals surface area contributed by atoms with Gasteiger partial charge in [-0.1, -0.05) is 30.3 Å². The fourth-order valence-corrected chi connectivity index (χ4v) is 3.81. The van der Waals surface area contributed by atoms with Gasteiger partial charge in [-0.15, -0.1) is 0 Å². The third-order valence-corrected chi connectivity index (χ3v) is 4.89. The first kappa shape index (κ1) is 16.7. The van der Waals surface area contributed by atoms with Crippen LogP contribution in [0.1, 0.15) is 44.6 Å². The van der Waals surface area contributed by atoms with E-state index in [4.69, 9.17) is 4.74 Å².